The van der Waals surface area contributed by atoms with Crippen LogP contribution in [-0.2, 0) is 11.3 Å². The number of nitrogens with zero attached hydrogens (tertiary/aromatic N) is 7. The van der Waals surface area contributed by atoms with Crippen LogP contribution in [-0.4, -0.2) is 60.6 Å². The molecule has 10 nitrogen and oxygen atoms in total. The van der Waals surface area contributed by atoms with E-state index in [1.54, 1.807) is 17.2 Å². The van der Waals surface area contributed by atoms with Gasteiger partial charge >= 0.3 is 0 Å². The van der Waals surface area contributed by atoms with E-state index >= 15 is 0 Å². The van der Waals surface area contributed by atoms with Gasteiger partial charge in [-0.25, -0.2) is 24.0 Å². The van der Waals surface area contributed by atoms with Gasteiger partial charge in [0.05, 0.1) is 18.7 Å². The zero-order valence-electron chi connectivity index (χ0n) is 17.3. The van der Waals surface area contributed by atoms with E-state index in [9.17, 15) is 9.18 Å². The Hall–Kier alpha value is -3.50. The molecule has 0 radical (unpaired) electrons. The lowest BCUT2D eigenvalue weighted by molar-refractivity contribution is -0.119. The third-order valence-corrected chi connectivity index (χ3v) is 5.62. The minimum Gasteiger partial charge on any atom is -0.491 e. The SMILES string of the molecule is CC(C)n1ncnc1-c1cn2c(n1)-c1cnc(N3C[C@H](F)C[C@H]3C(N)=O)cc1OCC2. The second-order valence-electron chi connectivity index (χ2n) is 8.06. The molecule has 2 aliphatic heterocycles. The number of imidazole rings is 1. The van der Waals surface area contributed by atoms with Gasteiger partial charge in [0.1, 0.15) is 48.2 Å². The highest BCUT2D eigenvalue weighted by Gasteiger charge is 2.37. The Morgan fingerprint density at radius 1 is 1.32 bits per heavy atom. The van der Waals surface area contributed by atoms with Crippen LogP contribution in [0.1, 0.15) is 26.3 Å². The van der Waals surface area contributed by atoms with Crippen molar-refractivity contribution in [3.8, 4) is 28.7 Å². The van der Waals surface area contributed by atoms with Gasteiger partial charge in [0.25, 0.3) is 0 Å². The van der Waals surface area contributed by atoms with Gasteiger partial charge in [0.2, 0.25) is 5.91 Å². The van der Waals surface area contributed by atoms with Gasteiger partial charge < -0.3 is 19.9 Å². The third-order valence-electron chi connectivity index (χ3n) is 5.62. The second-order valence-corrected chi connectivity index (χ2v) is 8.06. The highest BCUT2D eigenvalue weighted by Crippen LogP contribution is 2.37. The molecule has 0 saturated carbocycles. The highest BCUT2D eigenvalue weighted by atomic mass is 19.1. The molecule has 3 aromatic heterocycles. The second kappa shape index (κ2) is 7.33. The predicted molar refractivity (Wildman–Crippen MR) is 110 cm³/mol. The number of nitrogens with two attached hydrogens (primary N) is 1. The fraction of sp³-hybridized carbons (Fsp3) is 0.450. The molecule has 1 saturated heterocycles. The van der Waals surface area contributed by atoms with Crippen molar-refractivity contribution < 1.29 is 13.9 Å². The zero-order chi connectivity index (χ0) is 21.7. The van der Waals surface area contributed by atoms with Crippen molar-refractivity contribution in [2.24, 2.45) is 5.73 Å². The van der Waals surface area contributed by atoms with Gasteiger partial charge in [-0.3, -0.25) is 4.79 Å². The summed E-state index contributed by atoms with van der Waals surface area (Å²) in [4.78, 5) is 27.0. The summed E-state index contributed by atoms with van der Waals surface area (Å²) in [6.07, 6.45) is 4.05. The number of hydrogen-bond donors (Lipinski definition) is 1. The lowest BCUT2D eigenvalue weighted by Crippen LogP contribution is -2.40. The molecule has 5 heterocycles. The number of rotatable bonds is 4. The Morgan fingerprint density at radius 3 is 2.94 bits per heavy atom. The van der Waals surface area contributed by atoms with Crippen LogP contribution in [0.5, 0.6) is 5.75 Å². The lowest BCUT2D eigenvalue weighted by Gasteiger charge is -2.23. The standard InChI is InChI=1S/C20H23FN8O2/c1-11(2)29-20(24-10-25-29)14-9-27-3-4-31-16-6-17(23-7-13(16)19(27)26-14)28-8-12(21)5-15(28)18(22)30/h6-7,9-12,15H,3-5,8H2,1-2H3,(H2,22,30)/t12-,15+/m1/s1. The maximum absolute atomic E-state index is 14.0. The third kappa shape index (κ3) is 3.29. The fourth-order valence-corrected chi connectivity index (χ4v) is 4.15. The van der Waals surface area contributed by atoms with Crippen molar-refractivity contribution in [1.82, 2.24) is 29.3 Å². The molecular formula is C20H23FN8O2. The largest absolute Gasteiger partial charge is 0.491 e. The smallest absolute Gasteiger partial charge is 0.240 e. The van der Waals surface area contributed by atoms with Crippen LogP contribution in [0.4, 0.5) is 10.2 Å². The number of ether oxygens (including phenoxy) is 1. The highest BCUT2D eigenvalue weighted by molar-refractivity contribution is 5.84. The van der Waals surface area contributed by atoms with E-state index in [1.807, 2.05) is 29.3 Å². The van der Waals surface area contributed by atoms with Crippen LogP contribution in [0.3, 0.4) is 0 Å². The van der Waals surface area contributed by atoms with Crippen molar-refractivity contribution in [2.45, 2.75) is 45.1 Å². The number of primary amides is 1. The van der Waals surface area contributed by atoms with Crippen LogP contribution in [0.25, 0.3) is 22.9 Å². The van der Waals surface area contributed by atoms with Crippen molar-refractivity contribution >= 4 is 11.7 Å². The van der Waals surface area contributed by atoms with Gasteiger partial charge in [-0.2, -0.15) is 5.10 Å². The van der Waals surface area contributed by atoms with E-state index in [-0.39, 0.29) is 19.0 Å². The number of carbonyl (C=O) groups is 1. The topological polar surface area (TPSA) is 117 Å². The normalized spacial score (nSPS) is 20.3. The molecule has 1 amide bonds. The Balaban J connectivity index is 1.53. The first kappa shape index (κ1) is 19.5. The molecule has 0 aliphatic carbocycles. The fourth-order valence-electron chi connectivity index (χ4n) is 4.15. The Kier molecular flexibility index (Phi) is 4.60. The maximum atomic E-state index is 14.0. The van der Waals surface area contributed by atoms with Crippen molar-refractivity contribution in [3.63, 3.8) is 0 Å². The Labute approximate surface area is 177 Å². The van der Waals surface area contributed by atoms with Gasteiger partial charge in [0.15, 0.2) is 5.82 Å². The minimum absolute atomic E-state index is 0.0687. The molecule has 3 aromatic rings. The molecule has 0 spiro atoms. The number of amides is 1. The van der Waals surface area contributed by atoms with Crippen molar-refractivity contribution in [1.29, 1.82) is 0 Å². The molecule has 11 heteroatoms. The molecular weight excluding hydrogens is 403 g/mol. The number of anilines is 1. The number of halogens is 1. The molecule has 31 heavy (non-hydrogen) atoms. The quantitative estimate of drug-likeness (QED) is 0.673. The van der Waals surface area contributed by atoms with Crippen LogP contribution in [0, 0.1) is 0 Å². The molecule has 2 atom stereocenters. The van der Waals surface area contributed by atoms with Crippen LogP contribution in [0.15, 0.2) is 24.8 Å². The van der Waals surface area contributed by atoms with E-state index in [1.165, 1.54) is 6.33 Å². The number of aromatic nitrogens is 6. The molecule has 0 aromatic carbocycles. The van der Waals surface area contributed by atoms with E-state index in [2.05, 4.69) is 15.1 Å². The molecule has 2 N–H and O–H groups in total. The molecule has 2 aliphatic rings. The Bertz CT molecular complexity index is 1140. The number of carbonyl (C=O) groups excluding carboxylic acids is 1. The molecule has 5 rings (SSSR count). The molecule has 0 unspecified atom stereocenters. The minimum atomic E-state index is -1.13. The summed E-state index contributed by atoms with van der Waals surface area (Å²) in [5.74, 6) is 1.88. The Morgan fingerprint density at radius 2 is 2.16 bits per heavy atom. The van der Waals surface area contributed by atoms with Gasteiger partial charge in [0, 0.05) is 30.9 Å². The van der Waals surface area contributed by atoms with E-state index in [0.29, 0.717) is 42.1 Å². The average molecular weight is 426 g/mol. The van der Waals surface area contributed by atoms with Crippen LogP contribution in [0.2, 0.25) is 0 Å². The molecule has 162 valence electrons. The van der Waals surface area contributed by atoms with E-state index < -0.39 is 18.1 Å². The van der Waals surface area contributed by atoms with Crippen molar-refractivity contribution in [2.75, 3.05) is 18.1 Å². The summed E-state index contributed by atoms with van der Waals surface area (Å²) < 4.78 is 23.7. The van der Waals surface area contributed by atoms with E-state index in [0.717, 1.165) is 5.56 Å². The van der Waals surface area contributed by atoms with E-state index in [4.69, 9.17) is 15.5 Å². The van der Waals surface area contributed by atoms with Gasteiger partial charge in [-0.15, -0.1) is 0 Å². The van der Waals surface area contributed by atoms with Gasteiger partial charge in [-0.05, 0) is 13.8 Å². The number of fused-ring (bicyclic) bond motifs is 3. The summed E-state index contributed by atoms with van der Waals surface area (Å²) >= 11 is 0. The first-order chi connectivity index (χ1) is 14.9. The summed E-state index contributed by atoms with van der Waals surface area (Å²) in [6, 6.07) is 1.16. The first-order valence-electron chi connectivity index (χ1n) is 10.2. The lowest BCUT2D eigenvalue weighted by atomic mass is 10.2. The summed E-state index contributed by atoms with van der Waals surface area (Å²) in [6.45, 7) is 5.17. The predicted octanol–water partition coefficient (Wildman–Crippen LogP) is 1.58. The maximum Gasteiger partial charge on any atom is 0.240 e. The van der Waals surface area contributed by atoms with Gasteiger partial charge in [-0.1, -0.05) is 0 Å². The number of alkyl halides is 1. The molecule has 1 fully saturated rings. The van der Waals surface area contributed by atoms with Crippen molar-refractivity contribution in [3.05, 3.63) is 24.8 Å². The summed E-state index contributed by atoms with van der Waals surface area (Å²) in [7, 11) is 0. The number of hydrogen-bond acceptors (Lipinski definition) is 7. The summed E-state index contributed by atoms with van der Waals surface area (Å²) in [5.41, 5.74) is 6.90. The van der Waals surface area contributed by atoms with Crippen LogP contribution < -0.4 is 15.4 Å². The molecule has 0 bridgehead atoms. The van der Waals surface area contributed by atoms with Crippen LogP contribution >= 0.6 is 0 Å². The summed E-state index contributed by atoms with van der Waals surface area (Å²) in [5, 5.41) is 4.29. The monoisotopic (exact) mass is 426 g/mol. The first-order valence-corrected chi connectivity index (χ1v) is 10.2. The zero-order valence-corrected chi connectivity index (χ0v) is 17.3. The average Bonchev–Trinajstić information content (AvgIpc) is 3.44. The number of pyridine rings is 1.